The molecule has 72 valence electrons. The van der Waals surface area contributed by atoms with E-state index in [1.54, 1.807) is 6.07 Å². The predicted octanol–water partition coefficient (Wildman–Crippen LogP) is 0.749. The molecule has 0 radical (unpaired) electrons. The molecule has 0 spiro atoms. The van der Waals surface area contributed by atoms with E-state index in [1.807, 2.05) is 0 Å². The first kappa shape index (κ1) is 10.7. The normalized spacial score (nSPS) is 11.8. The smallest absolute Gasteiger partial charge is 0.215 e. The topological polar surface area (TPSA) is 68.3 Å². The minimum atomic E-state index is -4.20. The Balaban J connectivity index is 3.49. The highest BCUT2D eigenvalue weighted by molar-refractivity contribution is 9.10. The molecule has 0 amide bonds. The highest BCUT2D eigenvalue weighted by atomic mass is 79.9. The van der Waals surface area contributed by atoms with Gasteiger partial charge in [0.2, 0.25) is 9.74 Å². The predicted molar refractivity (Wildman–Crippen MR) is 51.6 cm³/mol. The third-order valence-electron chi connectivity index (χ3n) is 1.31. The number of hydrogen-bond donors (Lipinski definition) is 1. The molecule has 0 aliphatic rings. The molecule has 1 rings (SSSR count). The summed E-state index contributed by atoms with van der Waals surface area (Å²) >= 11 is 2.95. The first-order valence-corrected chi connectivity index (χ1v) is 7.16. The van der Waals surface area contributed by atoms with Crippen molar-refractivity contribution in [3.8, 4) is 0 Å². The molecule has 1 aromatic rings. The lowest BCUT2D eigenvalue weighted by molar-refractivity contribution is 0.591. The number of rotatable bonds is 2. The Morgan fingerprint density at radius 3 is 2.15 bits per heavy atom. The highest BCUT2D eigenvalue weighted by Gasteiger charge is 2.19. The van der Waals surface area contributed by atoms with Gasteiger partial charge in [0.15, 0.2) is 0 Å². The maximum absolute atomic E-state index is 11.1. The summed E-state index contributed by atoms with van der Waals surface area (Å²) < 4.78 is 43.3. The molecule has 0 aliphatic carbocycles. The van der Waals surface area contributed by atoms with Crippen LogP contribution in [0.1, 0.15) is 0 Å². The maximum atomic E-state index is 11.1. The van der Waals surface area contributed by atoms with Gasteiger partial charge in [0, 0.05) is 4.47 Å². The van der Waals surface area contributed by atoms with E-state index in [0.717, 1.165) is 0 Å². The van der Waals surface area contributed by atoms with Crippen LogP contribution in [0.5, 0.6) is 0 Å². The van der Waals surface area contributed by atoms with Crippen molar-refractivity contribution in [2.45, 2.75) is 4.90 Å². The van der Waals surface area contributed by atoms with E-state index in [4.69, 9.17) is 0 Å². The van der Waals surface area contributed by atoms with E-state index in [9.17, 15) is 16.8 Å². The summed E-state index contributed by atoms with van der Waals surface area (Å²) in [5.74, 6) is 0. The van der Waals surface area contributed by atoms with Gasteiger partial charge >= 0.3 is 0 Å². The zero-order valence-corrected chi connectivity index (χ0v) is 9.47. The van der Waals surface area contributed by atoms with E-state index in [0.29, 0.717) is 0 Å². The molecule has 0 atom stereocenters. The molecule has 0 aromatic heterocycles. The van der Waals surface area contributed by atoms with E-state index < -0.39 is 18.6 Å². The fourth-order valence-corrected chi connectivity index (χ4v) is 3.72. The molecule has 1 aromatic carbocycles. The third-order valence-corrected chi connectivity index (χ3v) is 5.34. The van der Waals surface area contributed by atoms with Gasteiger partial charge in [0.1, 0.15) is 0 Å². The molecule has 0 saturated carbocycles. The number of benzene rings is 1. The molecular weight excluding hydrogens is 280 g/mol. The largest absolute Gasteiger partial charge is 0.280 e. The molecule has 4 nitrogen and oxygen atoms in total. The summed E-state index contributed by atoms with van der Waals surface area (Å²) in [4.78, 5) is -0.230. The Labute approximate surface area is 85.0 Å². The number of halogens is 1. The van der Waals surface area contributed by atoms with Crippen molar-refractivity contribution in [2.24, 2.45) is 0 Å². The highest BCUT2D eigenvalue weighted by Crippen LogP contribution is 2.22. The lowest BCUT2D eigenvalue weighted by Gasteiger charge is -1.98. The quantitative estimate of drug-likeness (QED) is 0.643. The van der Waals surface area contributed by atoms with Crippen molar-refractivity contribution in [3.05, 3.63) is 28.7 Å². The summed E-state index contributed by atoms with van der Waals surface area (Å²) in [6, 6.07) is 5.74. The van der Waals surface area contributed by atoms with Gasteiger partial charge in [0.25, 0.3) is 8.87 Å². The van der Waals surface area contributed by atoms with Crippen molar-refractivity contribution < 1.29 is 16.8 Å². The zero-order chi connectivity index (χ0) is 10.1. The average molecular weight is 285 g/mol. The van der Waals surface area contributed by atoms with Crippen LogP contribution >= 0.6 is 15.9 Å². The van der Waals surface area contributed by atoms with Crippen LogP contribution in [0.2, 0.25) is 0 Å². The zero-order valence-electron chi connectivity index (χ0n) is 6.18. The van der Waals surface area contributed by atoms with Gasteiger partial charge in [-0.25, -0.2) is 16.8 Å². The van der Waals surface area contributed by atoms with Crippen molar-refractivity contribution in [1.29, 1.82) is 0 Å². The molecule has 0 N–H and O–H groups in total. The van der Waals surface area contributed by atoms with E-state index in [1.165, 1.54) is 18.2 Å². The van der Waals surface area contributed by atoms with Gasteiger partial charge < -0.3 is 0 Å². The third kappa shape index (κ3) is 2.09. The van der Waals surface area contributed by atoms with Crippen LogP contribution in [0.15, 0.2) is 33.6 Å². The van der Waals surface area contributed by atoms with Gasteiger partial charge in [0.05, 0.1) is 4.90 Å². The summed E-state index contributed by atoms with van der Waals surface area (Å²) in [5.41, 5.74) is 0. The van der Waals surface area contributed by atoms with E-state index >= 15 is 0 Å². The summed E-state index contributed by atoms with van der Waals surface area (Å²) in [6.45, 7) is 0. The van der Waals surface area contributed by atoms with E-state index in [2.05, 4.69) is 15.9 Å². The molecule has 0 fully saturated rings. The molecule has 13 heavy (non-hydrogen) atoms. The van der Waals surface area contributed by atoms with Crippen molar-refractivity contribution in [2.75, 3.05) is 0 Å². The minimum Gasteiger partial charge on any atom is -0.215 e. The van der Waals surface area contributed by atoms with Crippen LogP contribution in [0.25, 0.3) is 0 Å². The van der Waals surface area contributed by atoms with Gasteiger partial charge in [-0.05, 0) is 28.1 Å². The number of hydrogen-bond acceptors (Lipinski definition) is 4. The Hall–Kier alpha value is -0.400. The van der Waals surface area contributed by atoms with Gasteiger partial charge in [-0.15, -0.1) is 0 Å². The second-order valence-corrected chi connectivity index (χ2v) is 7.16. The van der Waals surface area contributed by atoms with Crippen molar-refractivity contribution in [1.82, 2.24) is 0 Å². The first-order valence-electron chi connectivity index (χ1n) is 3.10. The molecule has 0 bridgehead atoms. The Kier molecular flexibility index (Phi) is 3.09. The van der Waals surface area contributed by atoms with Crippen LogP contribution in [0, 0.1) is 0 Å². The molecule has 0 saturated heterocycles. The summed E-state index contributed by atoms with van der Waals surface area (Å²) in [7, 11) is -7.69. The lowest BCUT2D eigenvalue weighted by atomic mass is 10.4. The van der Waals surface area contributed by atoms with Crippen molar-refractivity contribution in [3.63, 3.8) is 0 Å². The second kappa shape index (κ2) is 3.77. The fourth-order valence-electron chi connectivity index (χ4n) is 0.734. The second-order valence-electron chi connectivity index (χ2n) is 2.13. The van der Waals surface area contributed by atoms with Crippen LogP contribution in [0.3, 0.4) is 0 Å². The first-order chi connectivity index (χ1) is 5.96. The van der Waals surface area contributed by atoms with Crippen LogP contribution in [-0.2, 0) is 18.6 Å². The van der Waals surface area contributed by atoms with Gasteiger partial charge in [-0.2, -0.15) is 0 Å². The fraction of sp³-hybridized carbons (Fsp3) is 0. The maximum Gasteiger partial charge on any atom is 0.280 e. The Morgan fingerprint density at radius 2 is 1.69 bits per heavy atom. The number of thiol groups is 1. The summed E-state index contributed by atoms with van der Waals surface area (Å²) in [5, 5.41) is 0. The molecular formula is C6H5BrO4S2. The monoisotopic (exact) mass is 284 g/mol. The van der Waals surface area contributed by atoms with Gasteiger partial charge in [-0.1, -0.05) is 12.1 Å². The lowest BCUT2D eigenvalue weighted by Crippen LogP contribution is -2.02. The Morgan fingerprint density at radius 1 is 1.15 bits per heavy atom. The summed E-state index contributed by atoms with van der Waals surface area (Å²) in [6.07, 6.45) is 0. The van der Waals surface area contributed by atoms with Crippen molar-refractivity contribution >= 4 is 34.5 Å². The molecule has 0 aliphatic heterocycles. The van der Waals surface area contributed by atoms with Crippen LogP contribution in [-0.4, -0.2) is 16.8 Å². The molecule has 0 heterocycles. The van der Waals surface area contributed by atoms with E-state index in [-0.39, 0.29) is 9.37 Å². The van der Waals surface area contributed by atoms with Crippen LogP contribution < -0.4 is 0 Å². The van der Waals surface area contributed by atoms with Crippen LogP contribution in [0.4, 0.5) is 0 Å². The average Bonchev–Trinajstić information content (AvgIpc) is 2.04. The molecule has 7 heteroatoms. The van der Waals surface area contributed by atoms with Gasteiger partial charge in [-0.3, -0.25) is 0 Å². The Bertz CT molecular complexity index is 481. The standard InChI is InChI=1S/C6H5BrO4S2/c7-5-3-1-2-4-6(5)13(10,11)12(8)9/h1-4,12H. The molecule has 0 unspecified atom stereocenters. The minimum absolute atomic E-state index is 0.230. The SMILES string of the molecule is O=[SH](=O)S(=O)(=O)c1ccccc1Br.